The first kappa shape index (κ1) is 22.2. The van der Waals surface area contributed by atoms with Crippen LogP contribution >= 0.6 is 0 Å². The number of hydrogen-bond donors (Lipinski definition) is 3. The molecule has 0 aromatic heterocycles. The van der Waals surface area contributed by atoms with Gasteiger partial charge in [0.25, 0.3) is 5.91 Å². The van der Waals surface area contributed by atoms with E-state index in [-0.39, 0.29) is 18.7 Å². The lowest BCUT2D eigenvalue weighted by Gasteiger charge is -2.29. The van der Waals surface area contributed by atoms with E-state index < -0.39 is 23.5 Å². The van der Waals surface area contributed by atoms with Crippen LogP contribution in [0.5, 0.6) is 0 Å². The quantitative estimate of drug-likeness (QED) is 0.498. The van der Waals surface area contributed by atoms with Gasteiger partial charge in [-0.3, -0.25) is 14.6 Å². The summed E-state index contributed by atoms with van der Waals surface area (Å²) >= 11 is 0. The Morgan fingerprint density at radius 2 is 1.55 bits per heavy atom. The molecule has 2 amide bonds. The lowest BCUT2D eigenvalue weighted by molar-refractivity contribution is -0.119. The Balaban J connectivity index is 1.53. The maximum atomic E-state index is 13.0. The van der Waals surface area contributed by atoms with Gasteiger partial charge in [0.2, 0.25) is 5.91 Å². The van der Waals surface area contributed by atoms with Gasteiger partial charge in [-0.2, -0.15) is 5.10 Å². The van der Waals surface area contributed by atoms with Crippen LogP contribution in [0.15, 0.2) is 96.1 Å². The average molecular weight is 443 g/mol. The first-order valence-corrected chi connectivity index (χ1v) is 10.8. The van der Waals surface area contributed by atoms with Crippen LogP contribution in [0.4, 0.5) is 5.69 Å². The van der Waals surface area contributed by atoms with Gasteiger partial charge in [0.1, 0.15) is 17.4 Å². The van der Waals surface area contributed by atoms with E-state index in [4.69, 9.17) is 5.73 Å². The second-order valence-corrected chi connectivity index (χ2v) is 8.09. The fourth-order valence-electron chi connectivity index (χ4n) is 3.96. The molecule has 2 atom stereocenters. The van der Waals surface area contributed by atoms with Crippen LogP contribution in [0.25, 0.3) is 0 Å². The highest BCUT2D eigenvalue weighted by Gasteiger charge is 2.36. The summed E-state index contributed by atoms with van der Waals surface area (Å²) in [4.78, 5) is 25.0. The number of primary amides is 1. The molecule has 0 radical (unpaired) electrons. The molecule has 4 N–H and O–H groups in total. The fraction of sp³-hybridized carbons (Fsp3) is 0.192. The Labute approximate surface area is 192 Å². The Bertz CT molecular complexity index is 1140. The van der Waals surface area contributed by atoms with Crippen LogP contribution in [0.1, 0.15) is 17.5 Å². The number of nitrogens with zero attached hydrogens (tertiary/aromatic N) is 2. The number of nitrogens with one attached hydrogen (secondary N) is 1. The number of para-hydroxylation sites is 1. The van der Waals surface area contributed by atoms with E-state index in [1.165, 1.54) is 5.01 Å². The second kappa shape index (κ2) is 9.67. The molecule has 0 spiro atoms. The Hall–Kier alpha value is -3.97. The number of benzene rings is 3. The molecule has 0 unspecified atom stereocenters. The van der Waals surface area contributed by atoms with Crippen LogP contribution in [0.2, 0.25) is 0 Å². The van der Waals surface area contributed by atoms with Crippen LogP contribution in [0, 0.1) is 0 Å². The molecule has 7 nitrogen and oxygen atoms in total. The third-order valence-corrected chi connectivity index (χ3v) is 5.71. The minimum Gasteiger partial charge on any atom is -0.383 e. The summed E-state index contributed by atoms with van der Waals surface area (Å²) in [6.45, 7) is -0.0175. The van der Waals surface area contributed by atoms with Gasteiger partial charge in [0.05, 0.1) is 12.2 Å². The Morgan fingerprint density at radius 3 is 2.15 bits per heavy atom. The molecule has 3 aromatic carbocycles. The van der Waals surface area contributed by atoms with Crippen molar-refractivity contribution < 1.29 is 14.7 Å². The summed E-state index contributed by atoms with van der Waals surface area (Å²) in [6.07, 6.45) is 0.420. The number of anilines is 1. The van der Waals surface area contributed by atoms with Crippen molar-refractivity contribution in [2.24, 2.45) is 10.8 Å². The maximum absolute atomic E-state index is 13.0. The number of amides is 2. The Morgan fingerprint density at radius 1 is 0.970 bits per heavy atom. The predicted octanol–water partition coefficient (Wildman–Crippen LogP) is 2.35. The lowest BCUT2D eigenvalue weighted by atomic mass is 9.87. The highest BCUT2D eigenvalue weighted by atomic mass is 16.3. The number of carbonyl (C=O) groups is 2. The van der Waals surface area contributed by atoms with Crippen molar-refractivity contribution in [2.75, 3.05) is 11.6 Å². The zero-order chi connectivity index (χ0) is 23.3. The zero-order valence-corrected chi connectivity index (χ0v) is 18.1. The molecule has 4 rings (SSSR count). The summed E-state index contributed by atoms with van der Waals surface area (Å²) in [5.41, 5.74) is 6.76. The van der Waals surface area contributed by atoms with Gasteiger partial charge < -0.3 is 16.2 Å². The molecule has 3 aromatic rings. The van der Waals surface area contributed by atoms with Gasteiger partial charge in [-0.15, -0.1) is 0 Å². The van der Waals surface area contributed by atoms with Gasteiger partial charge in [0.15, 0.2) is 0 Å². The van der Waals surface area contributed by atoms with Crippen molar-refractivity contribution in [3.05, 3.63) is 102 Å². The van der Waals surface area contributed by atoms with Crippen molar-refractivity contribution in [3.63, 3.8) is 0 Å². The number of hydrogen-bond acceptors (Lipinski definition) is 5. The summed E-state index contributed by atoms with van der Waals surface area (Å²) in [5, 5.41) is 20.2. The molecule has 1 heterocycles. The average Bonchev–Trinajstić information content (AvgIpc) is 3.31. The number of nitrogens with two attached hydrogens (primary N) is 1. The summed E-state index contributed by atoms with van der Waals surface area (Å²) < 4.78 is 0. The van der Waals surface area contributed by atoms with E-state index >= 15 is 0 Å². The van der Waals surface area contributed by atoms with Crippen LogP contribution in [-0.4, -0.2) is 35.2 Å². The van der Waals surface area contributed by atoms with Gasteiger partial charge in [-0.25, -0.2) is 0 Å². The highest BCUT2D eigenvalue weighted by Crippen LogP contribution is 2.27. The third kappa shape index (κ3) is 5.10. The van der Waals surface area contributed by atoms with E-state index in [0.717, 1.165) is 5.56 Å². The molecule has 1 aliphatic rings. The number of rotatable bonds is 8. The van der Waals surface area contributed by atoms with E-state index in [2.05, 4.69) is 10.4 Å². The zero-order valence-electron chi connectivity index (χ0n) is 18.1. The normalized spacial score (nSPS) is 17.2. The second-order valence-electron chi connectivity index (χ2n) is 8.09. The van der Waals surface area contributed by atoms with Crippen LogP contribution < -0.4 is 16.1 Å². The van der Waals surface area contributed by atoms with Crippen molar-refractivity contribution in [3.8, 4) is 0 Å². The molecule has 7 heteroatoms. The molecule has 0 aliphatic carbocycles. The van der Waals surface area contributed by atoms with Crippen molar-refractivity contribution in [1.29, 1.82) is 0 Å². The standard InChI is InChI=1S/C26H26N4O3/c27-24(31)23-16-22(29-30(23)21-14-8-3-9-15-21)25(32)28-18-26(33,20-12-6-2-7-13-20)17-19-10-4-1-5-11-19/h1-15,23,33H,16-18H2,(H2,27,31)(H,28,32)/t23-,26-/m0/s1. The Kier molecular flexibility index (Phi) is 6.51. The topological polar surface area (TPSA) is 108 Å². The molecule has 0 fully saturated rings. The molecule has 0 saturated carbocycles. The smallest absolute Gasteiger partial charge is 0.267 e. The van der Waals surface area contributed by atoms with E-state index in [1.54, 1.807) is 12.1 Å². The number of aliphatic hydroxyl groups is 1. The predicted molar refractivity (Wildman–Crippen MR) is 127 cm³/mol. The summed E-state index contributed by atoms with van der Waals surface area (Å²) in [5.74, 6) is -1.00. The molecule has 0 saturated heterocycles. The lowest BCUT2D eigenvalue weighted by Crippen LogP contribution is -2.44. The van der Waals surface area contributed by atoms with Crippen LogP contribution in [0.3, 0.4) is 0 Å². The minimum atomic E-state index is -1.32. The van der Waals surface area contributed by atoms with E-state index in [1.807, 2.05) is 78.9 Å². The molecular weight excluding hydrogens is 416 g/mol. The molecule has 0 bridgehead atoms. The summed E-state index contributed by atoms with van der Waals surface area (Å²) in [6, 6.07) is 27.2. The van der Waals surface area contributed by atoms with Crippen molar-refractivity contribution in [2.45, 2.75) is 24.5 Å². The fourth-order valence-corrected chi connectivity index (χ4v) is 3.96. The SMILES string of the molecule is NC(=O)[C@@H]1CC(C(=O)NC[C@@](O)(Cc2ccccc2)c2ccccc2)=NN1c1ccccc1. The van der Waals surface area contributed by atoms with E-state index in [0.29, 0.717) is 17.7 Å². The largest absolute Gasteiger partial charge is 0.383 e. The molecule has 168 valence electrons. The van der Waals surface area contributed by atoms with Gasteiger partial charge in [-0.1, -0.05) is 78.9 Å². The maximum Gasteiger partial charge on any atom is 0.267 e. The first-order chi connectivity index (χ1) is 16.0. The minimum absolute atomic E-state index is 0.0175. The van der Waals surface area contributed by atoms with Gasteiger partial charge in [0, 0.05) is 12.8 Å². The van der Waals surface area contributed by atoms with Gasteiger partial charge in [-0.05, 0) is 23.3 Å². The molecular formula is C26H26N4O3. The van der Waals surface area contributed by atoms with Gasteiger partial charge >= 0.3 is 0 Å². The van der Waals surface area contributed by atoms with Crippen molar-refractivity contribution >= 4 is 23.2 Å². The molecule has 1 aliphatic heterocycles. The summed E-state index contributed by atoms with van der Waals surface area (Å²) in [7, 11) is 0. The highest BCUT2D eigenvalue weighted by molar-refractivity contribution is 6.40. The first-order valence-electron chi connectivity index (χ1n) is 10.8. The van der Waals surface area contributed by atoms with Crippen LogP contribution in [-0.2, 0) is 21.6 Å². The van der Waals surface area contributed by atoms with Crippen molar-refractivity contribution in [1.82, 2.24) is 5.32 Å². The third-order valence-electron chi connectivity index (χ3n) is 5.71. The number of hydrazone groups is 1. The monoisotopic (exact) mass is 442 g/mol. The molecule has 33 heavy (non-hydrogen) atoms. The number of carbonyl (C=O) groups excluding carboxylic acids is 2. The van der Waals surface area contributed by atoms with E-state index in [9.17, 15) is 14.7 Å².